The lowest BCUT2D eigenvalue weighted by Gasteiger charge is -2.05. The zero-order valence-corrected chi connectivity index (χ0v) is 13.2. The third-order valence-electron chi connectivity index (χ3n) is 3.04. The number of benzene rings is 2. The van der Waals surface area contributed by atoms with E-state index in [2.05, 4.69) is 5.32 Å². The molecule has 24 heavy (non-hydrogen) atoms. The SMILES string of the molecule is O=C(C=Cc1ccccc1)Nc1ccc(C(=O)C[N+](=O)[O-])c(Cl)c1. The summed E-state index contributed by atoms with van der Waals surface area (Å²) in [5.74, 6) is -1.05. The number of anilines is 1. The molecule has 0 aliphatic carbocycles. The molecular weight excluding hydrogens is 332 g/mol. The summed E-state index contributed by atoms with van der Waals surface area (Å²) in [5.41, 5.74) is 1.32. The Bertz CT molecular complexity index is 803. The third-order valence-corrected chi connectivity index (χ3v) is 3.35. The van der Waals surface area contributed by atoms with Crippen molar-refractivity contribution in [1.29, 1.82) is 0 Å². The Labute approximate surface area is 142 Å². The van der Waals surface area contributed by atoms with E-state index in [9.17, 15) is 19.7 Å². The summed E-state index contributed by atoms with van der Waals surface area (Å²) in [6, 6.07) is 13.5. The van der Waals surface area contributed by atoms with E-state index in [0.717, 1.165) is 5.56 Å². The quantitative estimate of drug-likeness (QED) is 0.376. The summed E-state index contributed by atoms with van der Waals surface area (Å²) in [6.07, 6.45) is 3.03. The molecule has 2 aromatic carbocycles. The molecule has 0 unspecified atom stereocenters. The van der Waals surface area contributed by atoms with Gasteiger partial charge in [-0.15, -0.1) is 0 Å². The van der Waals surface area contributed by atoms with Gasteiger partial charge in [0.2, 0.25) is 11.7 Å². The number of nitro groups is 1. The summed E-state index contributed by atoms with van der Waals surface area (Å²) in [7, 11) is 0. The van der Waals surface area contributed by atoms with Crippen LogP contribution in [0.2, 0.25) is 5.02 Å². The van der Waals surface area contributed by atoms with E-state index in [1.54, 1.807) is 6.08 Å². The highest BCUT2D eigenvalue weighted by Crippen LogP contribution is 2.21. The number of Topliss-reactive ketones (excluding diaryl/α,β-unsaturated/α-hetero) is 1. The van der Waals surface area contributed by atoms with Crippen LogP contribution < -0.4 is 5.32 Å². The van der Waals surface area contributed by atoms with Crippen LogP contribution >= 0.6 is 11.6 Å². The van der Waals surface area contributed by atoms with Crippen molar-refractivity contribution in [3.8, 4) is 0 Å². The number of nitrogens with zero attached hydrogens (tertiary/aromatic N) is 1. The minimum absolute atomic E-state index is 0.0474. The second-order valence-electron chi connectivity index (χ2n) is 4.84. The monoisotopic (exact) mass is 344 g/mol. The van der Waals surface area contributed by atoms with Gasteiger partial charge in [-0.1, -0.05) is 41.9 Å². The standard InChI is InChI=1S/C17H13ClN2O4/c18-15-10-13(7-8-14(15)16(21)11-20(23)24)19-17(22)9-6-12-4-2-1-3-5-12/h1-10H,11H2,(H,19,22). The first-order valence-corrected chi connectivity index (χ1v) is 7.32. The molecule has 0 heterocycles. The number of halogens is 1. The largest absolute Gasteiger partial charge is 0.322 e. The van der Waals surface area contributed by atoms with Crippen molar-refractivity contribution in [2.45, 2.75) is 0 Å². The van der Waals surface area contributed by atoms with E-state index < -0.39 is 17.3 Å². The van der Waals surface area contributed by atoms with Crippen LogP contribution in [0.1, 0.15) is 15.9 Å². The minimum atomic E-state index is -0.828. The number of carbonyl (C=O) groups excluding carboxylic acids is 2. The lowest BCUT2D eigenvalue weighted by molar-refractivity contribution is -0.465. The fraction of sp³-hybridized carbons (Fsp3) is 0.0588. The van der Waals surface area contributed by atoms with Crippen LogP contribution in [0.25, 0.3) is 6.08 Å². The van der Waals surface area contributed by atoms with Gasteiger partial charge in [-0.05, 0) is 29.8 Å². The average molecular weight is 345 g/mol. The molecule has 122 valence electrons. The first-order chi connectivity index (χ1) is 11.5. The third kappa shape index (κ3) is 5.03. The predicted octanol–water partition coefficient (Wildman–Crippen LogP) is 3.45. The average Bonchev–Trinajstić information content (AvgIpc) is 2.53. The molecule has 0 aliphatic heterocycles. The van der Waals surface area contributed by atoms with E-state index in [1.165, 1.54) is 24.3 Å². The van der Waals surface area contributed by atoms with E-state index in [1.807, 2.05) is 30.3 Å². The van der Waals surface area contributed by atoms with Gasteiger partial charge in [-0.25, -0.2) is 0 Å². The van der Waals surface area contributed by atoms with Gasteiger partial charge in [0.1, 0.15) is 0 Å². The molecule has 2 rings (SSSR count). The number of hydrogen-bond donors (Lipinski definition) is 1. The highest BCUT2D eigenvalue weighted by molar-refractivity contribution is 6.34. The predicted molar refractivity (Wildman–Crippen MR) is 91.7 cm³/mol. The van der Waals surface area contributed by atoms with E-state index in [0.29, 0.717) is 5.69 Å². The van der Waals surface area contributed by atoms with Crippen LogP contribution in [0, 0.1) is 10.1 Å². The van der Waals surface area contributed by atoms with Crippen molar-refractivity contribution in [2.75, 3.05) is 11.9 Å². The lowest BCUT2D eigenvalue weighted by atomic mass is 10.1. The first kappa shape index (κ1) is 17.4. The number of ketones is 1. The number of rotatable bonds is 6. The van der Waals surface area contributed by atoms with Crippen molar-refractivity contribution < 1.29 is 14.5 Å². The van der Waals surface area contributed by atoms with Gasteiger partial charge < -0.3 is 5.32 Å². The molecule has 6 nitrogen and oxygen atoms in total. The molecule has 0 spiro atoms. The topological polar surface area (TPSA) is 89.3 Å². The van der Waals surface area contributed by atoms with Crippen LogP contribution in [0.5, 0.6) is 0 Å². The Hall–Kier alpha value is -2.99. The highest BCUT2D eigenvalue weighted by atomic mass is 35.5. The van der Waals surface area contributed by atoms with Crippen molar-refractivity contribution in [1.82, 2.24) is 0 Å². The molecule has 0 radical (unpaired) electrons. The Morgan fingerprint density at radius 2 is 1.88 bits per heavy atom. The van der Waals surface area contributed by atoms with Crippen LogP contribution in [-0.4, -0.2) is 23.2 Å². The maximum absolute atomic E-state index is 11.9. The number of hydrogen-bond acceptors (Lipinski definition) is 4. The van der Waals surface area contributed by atoms with Crippen LogP contribution in [-0.2, 0) is 4.79 Å². The lowest BCUT2D eigenvalue weighted by Crippen LogP contribution is -2.14. The Morgan fingerprint density at radius 3 is 2.50 bits per heavy atom. The second kappa shape index (κ2) is 8.03. The normalized spacial score (nSPS) is 10.5. The van der Waals surface area contributed by atoms with Crippen molar-refractivity contribution in [3.05, 3.63) is 80.9 Å². The molecule has 0 aliphatic rings. The first-order valence-electron chi connectivity index (χ1n) is 6.94. The van der Waals surface area contributed by atoms with Crippen LogP contribution in [0.15, 0.2) is 54.6 Å². The summed E-state index contributed by atoms with van der Waals surface area (Å²) >= 11 is 5.95. The summed E-state index contributed by atoms with van der Waals surface area (Å²) in [4.78, 5) is 33.2. The van der Waals surface area contributed by atoms with Gasteiger partial charge in [0.15, 0.2) is 0 Å². The summed E-state index contributed by atoms with van der Waals surface area (Å²) in [6.45, 7) is -0.828. The van der Waals surface area contributed by atoms with Gasteiger partial charge in [-0.3, -0.25) is 19.7 Å². The highest BCUT2D eigenvalue weighted by Gasteiger charge is 2.16. The Kier molecular flexibility index (Phi) is 5.81. The van der Waals surface area contributed by atoms with Gasteiger partial charge in [0, 0.05) is 22.3 Å². The van der Waals surface area contributed by atoms with Crippen molar-refractivity contribution >= 4 is 35.1 Å². The van der Waals surface area contributed by atoms with E-state index in [4.69, 9.17) is 11.6 Å². The molecule has 1 amide bonds. The number of carbonyl (C=O) groups is 2. The Morgan fingerprint density at radius 1 is 1.17 bits per heavy atom. The fourth-order valence-corrected chi connectivity index (χ4v) is 2.23. The van der Waals surface area contributed by atoms with Gasteiger partial charge in [0.25, 0.3) is 6.54 Å². The zero-order chi connectivity index (χ0) is 17.5. The molecule has 7 heteroatoms. The molecule has 0 saturated carbocycles. The number of amides is 1. The maximum atomic E-state index is 11.9. The van der Waals surface area contributed by atoms with Crippen molar-refractivity contribution in [2.24, 2.45) is 0 Å². The van der Waals surface area contributed by atoms with Gasteiger partial charge in [0.05, 0.1) is 5.02 Å². The smallest absolute Gasteiger partial charge is 0.265 e. The maximum Gasteiger partial charge on any atom is 0.265 e. The summed E-state index contributed by atoms with van der Waals surface area (Å²) < 4.78 is 0. The molecule has 0 aromatic heterocycles. The molecule has 0 atom stereocenters. The zero-order valence-electron chi connectivity index (χ0n) is 12.4. The van der Waals surface area contributed by atoms with Crippen molar-refractivity contribution in [3.63, 3.8) is 0 Å². The van der Waals surface area contributed by atoms with E-state index in [-0.39, 0.29) is 16.5 Å². The Balaban J connectivity index is 2.04. The fourth-order valence-electron chi connectivity index (χ4n) is 1.94. The van der Waals surface area contributed by atoms with Gasteiger partial charge >= 0.3 is 0 Å². The van der Waals surface area contributed by atoms with Gasteiger partial charge in [-0.2, -0.15) is 0 Å². The number of nitrogens with one attached hydrogen (secondary N) is 1. The molecule has 0 fully saturated rings. The second-order valence-corrected chi connectivity index (χ2v) is 5.25. The molecule has 2 aromatic rings. The molecule has 0 bridgehead atoms. The minimum Gasteiger partial charge on any atom is -0.322 e. The van der Waals surface area contributed by atoms with Crippen LogP contribution in [0.4, 0.5) is 5.69 Å². The summed E-state index contributed by atoms with van der Waals surface area (Å²) in [5, 5.41) is 13.0. The molecular formula is C17H13ClN2O4. The molecule has 1 N–H and O–H groups in total. The van der Waals surface area contributed by atoms with Crippen LogP contribution in [0.3, 0.4) is 0 Å². The molecule has 0 saturated heterocycles. The van der Waals surface area contributed by atoms with E-state index >= 15 is 0 Å².